The number of H-pyrrole nitrogens is 1. The van der Waals surface area contributed by atoms with E-state index in [-0.39, 0.29) is 17.6 Å². The molecule has 0 aliphatic carbocycles. The van der Waals surface area contributed by atoms with Crippen molar-refractivity contribution in [3.63, 3.8) is 0 Å². The lowest BCUT2D eigenvalue weighted by atomic mass is 9.82. The van der Waals surface area contributed by atoms with Crippen LogP contribution in [-0.2, 0) is 9.59 Å². The van der Waals surface area contributed by atoms with Gasteiger partial charge in [0.2, 0.25) is 11.7 Å². The van der Waals surface area contributed by atoms with Crippen molar-refractivity contribution >= 4 is 17.8 Å². The highest BCUT2D eigenvalue weighted by molar-refractivity contribution is 5.91. The van der Waals surface area contributed by atoms with E-state index in [0.29, 0.717) is 25.9 Å². The molecule has 2 aliphatic rings. The number of aromatic amines is 1. The predicted molar refractivity (Wildman–Crippen MR) is 92.8 cm³/mol. The molecule has 0 saturated carbocycles. The van der Waals surface area contributed by atoms with Gasteiger partial charge in [0.1, 0.15) is 11.9 Å². The third-order valence-corrected chi connectivity index (χ3v) is 5.24. The van der Waals surface area contributed by atoms with E-state index >= 15 is 0 Å². The molecular formula is C16H23F3N6O4. The zero-order valence-corrected chi connectivity index (χ0v) is 16.1. The van der Waals surface area contributed by atoms with E-state index in [1.807, 2.05) is 18.9 Å². The fourth-order valence-electron chi connectivity index (χ4n) is 3.48. The van der Waals surface area contributed by atoms with Crippen LogP contribution in [0, 0.1) is 0 Å². The van der Waals surface area contributed by atoms with E-state index in [2.05, 4.69) is 20.1 Å². The van der Waals surface area contributed by atoms with Crippen molar-refractivity contribution in [2.45, 2.75) is 31.5 Å². The van der Waals surface area contributed by atoms with Crippen molar-refractivity contribution in [2.75, 3.05) is 39.8 Å². The lowest BCUT2D eigenvalue weighted by Crippen LogP contribution is -2.67. The Balaban J connectivity index is 0.000000370. The molecular weight excluding hydrogens is 397 g/mol. The molecule has 10 nitrogen and oxygen atoms in total. The molecule has 13 heteroatoms. The molecule has 3 heterocycles. The number of nitrogens with one attached hydrogen (secondary N) is 1. The molecule has 2 N–H and O–H groups in total. The monoisotopic (exact) mass is 420 g/mol. The number of piperazine rings is 1. The van der Waals surface area contributed by atoms with Crippen LogP contribution in [0.3, 0.4) is 0 Å². The van der Waals surface area contributed by atoms with E-state index in [1.165, 1.54) is 6.33 Å². The van der Waals surface area contributed by atoms with Gasteiger partial charge in [0.05, 0.1) is 0 Å². The molecule has 1 aromatic rings. The summed E-state index contributed by atoms with van der Waals surface area (Å²) in [5.41, 5.74) is -0.452. The minimum absolute atomic E-state index is 0.148. The van der Waals surface area contributed by atoms with Crippen molar-refractivity contribution in [2.24, 2.45) is 0 Å². The summed E-state index contributed by atoms with van der Waals surface area (Å²) in [6, 6.07) is 0. The summed E-state index contributed by atoms with van der Waals surface area (Å²) in [6.07, 6.45) is -2.42. The topological polar surface area (TPSA) is 123 Å². The zero-order chi connectivity index (χ0) is 21.8. The van der Waals surface area contributed by atoms with Gasteiger partial charge < -0.3 is 14.9 Å². The number of carbonyl (C=O) groups excluding carboxylic acids is 2. The number of amides is 2. The highest BCUT2D eigenvalue weighted by atomic mass is 19.4. The molecule has 29 heavy (non-hydrogen) atoms. The number of likely N-dealkylation sites (tertiary alicyclic amines) is 1. The van der Waals surface area contributed by atoms with Gasteiger partial charge in [0.15, 0.2) is 0 Å². The van der Waals surface area contributed by atoms with Gasteiger partial charge in [0.25, 0.3) is 5.91 Å². The van der Waals surface area contributed by atoms with Crippen LogP contribution in [0.4, 0.5) is 13.2 Å². The van der Waals surface area contributed by atoms with E-state index < -0.39 is 17.7 Å². The fraction of sp³-hybridized carbons (Fsp3) is 0.688. The first-order valence-electron chi connectivity index (χ1n) is 8.98. The van der Waals surface area contributed by atoms with Crippen LogP contribution in [0.15, 0.2) is 6.33 Å². The van der Waals surface area contributed by atoms with E-state index in [4.69, 9.17) is 9.90 Å². The Morgan fingerprint density at radius 3 is 2.28 bits per heavy atom. The van der Waals surface area contributed by atoms with Crippen molar-refractivity contribution in [3.05, 3.63) is 12.2 Å². The van der Waals surface area contributed by atoms with Gasteiger partial charge in [-0.25, -0.2) is 9.78 Å². The summed E-state index contributed by atoms with van der Waals surface area (Å²) in [5, 5.41) is 13.4. The maximum atomic E-state index is 12.8. The highest BCUT2D eigenvalue weighted by Gasteiger charge is 2.49. The van der Waals surface area contributed by atoms with Crippen LogP contribution in [0.25, 0.3) is 0 Å². The number of rotatable bonds is 2. The molecule has 0 radical (unpaired) electrons. The number of likely N-dealkylation sites (N-methyl/N-ethyl adjacent to an activating group) is 2. The SMILES string of the molecule is CCN1CCN(C)C2(CCN(C(=O)c3ncn[nH]3)CC2)C1=O.O=C(O)C(F)(F)F. The number of piperidine rings is 1. The third kappa shape index (κ3) is 4.83. The quantitative estimate of drug-likeness (QED) is 0.701. The fourth-order valence-corrected chi connectivity index (χ4v) is 3.48. The van der Waals surface area contributed by atoms with Gasteiger partial charge in [-0.05, 0) is 26.8 Å². The van der Waals surface area contributed by atoms with E-state index in [9.17, 15) is 22.8 Å². The Hall–Kier alpha value is -2.70. The van der Waals surface area contributed by atoms with Crippen molar-refractivity contribution in [3.8, 4) is 0 Å². The van der Waals surface area contributed by atoms with Crippen LogP contribution >= 0.6 is 0 Å². The van der Waals surface area contributed by atoms with Gasteiger partial charge >= 0.3 is 12.1 Å². The number of halogens is 3. The molecule has 1 aromatic heterocycles. The lowest BCUT2D eigenvalue weighted by Gasteiger charge is -2.51. The first-order valence-corrected chi connectivity index (χ1v) is 8.98. The number of aromatic nitrogens is 3. The largest absolute Gasteiger partial charge is 0.490 e. The second kappa shape index (κ2) is 8.76. The second-order valence-corrected chi connectivity index (χ2v) is 6.77. The number of nitrogens with zero attached hydrogens (tertiary/aromatic N) is 5. The molecule has 1 spiro atoms. The van der Waals surface area contributed by atoms with Crippen molar-refractivity contribution < 1.29 is 32.7 Å². The van der Waals surface area contributed by atoms with Gasteiger partial charge in [-0.2, -0.15) is 18.3 Å². The number of carbonyl (C=O) groups is 3. The van der Waals surface area contributed by atoms with Crippen LogP contribution in [0.5, 0.6) is 0 Å². The first kappa shape index (κ1) is 22.6. The maximum absolute atomic E-state index is 12.8. The summed E-state index contributed by atoms with van der Waals surface area (Å²) in [7, 11) is 2.01. The zero-order valence-electron chi connectivity index (χ0n) is 16.1. The molecule has 2 saturated heterocycles. The average molecular weight is 420 g/mol. The minimum Gasteiger partial charge on any atom is -0.475 e. The highest BCUT2D eigenvalue weighted by Crippen LogP contribution is 2.33. The Morgan fingerprint density at radius 2 is 1.83 bits per heavy atom. The first-order chi connectivity index (χ1) is 13.5. The van der Waals surface area contributed by atoms with Crippen LogP contribution in [0.2, 0.25) is 0 Å². The number of aliphatic carboxylic acids is 1. The summed E-state index contributed by atoms with van der Waals surface area (Å²) in [5.74, 6) is -2.44. The van der Waals surface area contributed by atoms with Crippen molar-refractivity contribution in [1.82, 2.24) is 29.9 Å². The van der Waals surface area contributed by atoms with Gasteiger partial charge in [0, 0.05) is 32.7 Å². The maximum Gasteiger partial charge on any atom is 0.490 e. The molecule has 3 rings (SSSR count). The third-order valence-electron chi connectivity index (χ3n) is 5.24. The van der Waals surface area contributed by atoms with Gasteiger partial charge in [-0.15, -0.1) is 0 Å². The number of carboxylic acid groups (broad SMARTS) is 1. The molecule has 0 aromatic carbocycles. The van der Waals surface area contributed by atoms with Crippen LogP contribution in [0.1, 0.15) is 30.4 Å². The number of hydrogen-bond acceptors (Lipinski definition) is 6. The molecule has 2 fully saturated rings. The Morgan fingerprint density at radius 1 is 1.24 bits per heavy atom. The summed E-state index contributed by atoms with van der Waals surface area (Å²) >= 11 is 0. The molecule has 2 amide bonds. The second-order valence-electron chi connectivity index (χ2n) is 6.77. The number of hydrogen-bond donors (Lipinski definition) is 2. The molecule has 0 atom stereocenters. The Labute approximate surface area is 164 Å². The average Bonchev–Trinajstić information content (AvgIpc) is 3.21. The van der Waals surface area contributed by atoms with Gasteiger partial charge in [-0.3, -0.25) is 19.6 Å². The predicted octanol–water partition coefficient (Wildman–Crippen LogP) is 0.207. The molecule has 2 aliphatic heterocycles. The molecule has 0 bridgehead atoms. The smallest absolute Gasteiger partial charge is 0.475 e. The lowest BCUT2D eigenvalue weighted by molar-refractivity contribution is -0.192. The summed E-state index contributed by atoms with van der Waals surface area (Å²) in [4.78, 5) is 43.7. The standard InChI is InChI=1S/C14H22N6O2.C2HF3O2/c1-3-19-9-8-18(2)14(13(19)22)4-6-20(7-5-14)12(21)11-15-10-16-17-11;3-2(4,5)1(6)7/h10H,3-9H2,1-2H3,(H,15,16,17);(H,6,7). The van der Waals surface area contributed by atoms with E-state index in [0.717, 1.165) is 19.6 Å². The minimum atomic E-state index is -5.08. The normalized spacial score (nSPS) is 19.7. The van der Waals surface area contributed by atoms with E-state index in [1.54, 1.807) is 4.90 Å². The molecule has 0 unspecified atom stereocenters. The summed E-state index contributed by atoms with van der Waals surface area (Å²) in [6.45, 7) is 5.55. The summed E-state index contributed by atoms with van der Waals surface area (Å²) < 4.78 is 31.7. The molecule has 162 valence electrons. The van der Waals surface area contributed by atoms with Crippen molar-refractivity contribution in [1.29, 1.82) is 0 Å². The van der Waals surface area contributed by atoms with Gasteiger partial charge in [-0.1, -0.05) is 0 Å². The number of carboxylic acids is 1. The van der Waals surface area contributed by atoms with Crippen LogP contribution < -0.4 is 0 Å². The Bertz CT molecular complexity index is 732. The number of alkyl halides is 3. The Kier molecular flexibility index (Phi) is 6.82. The van der Waals surface area contributed by atoms with Crippen LogP contribution in [-0.4, -0.2) is 104 Å².